The van der Waals surface area contributed by atoms with E-state index in [1.165, 1.54) is 22.4 Å². The zero-order valence-corrected chi connectivity index (χ0v) is 20.0. The smallest absolute Gasteiger partial charge is 0.131 e. The van der Waals surface area contributed by atoms with E-state index in [4.69, 9.17) is 0 Å². The van der Waals surface area contributed by atoms with Gasteiger partial charge in [0.25, 0.3) is 0 Å². The van der Waals surface area contributed by atoms with E-state index in [1.807, 2.05) is 6.92 Å². The Bertz CT molecular complexity index is 1020. The Kier molecular flexibility index (Phi) is 5.31. The molecule has 0 aromatic heterocycles. The van der Waals surface area contributed by atoms with Crippen molar-refractivity contribution >= 4 is 5.69 Å². The van der Waals surface area contributed by atoms with Gasteiger partial charge in [0.05, 0.1) is 6.10 Å². The van der Waals surface area contributed by atoms with Crippen molar-refractivity contribution in [1.82, 2.24) is 0 Å². The third kappa shape index (κ3) is 3.18. The average Bonchev–Trinajstić information content (AvgIpc) is 3.03. The Balaban J connectivity index is 1.66. The van der Waals surface area contributed by atoms with Crippen LogP contribution in [0, 0.1) is 29.1 Å². The number of rotatable bonds is 2. The monoisotopic (exact) mass is 431 g/mol. The van der Waals surface area contributed by atoms with E-state index in [2.05, 4.69) is 68.1 Å². The molecule has 3 nitrogen and oxygen atoms in total. The summed E-state index contributed by atoms with van der Waals surface area (Å²) in [5.74, 6) is 7.58. The molecule has 5 rings (SSSR count). The number of aliphatic hydroxyl groups excluding tert-OH is 1. The third-order valence-corrected chi connectivity index (χ3v) is 9.16. The van der Waals surface area contributed by atoms with E-state index in [0.29, 0.717) is 17.8 Å². The number of nitrogens with zero attached hydrogens (tertiary/aromatic N) is 1. The van der Waals surface area contributed by atoms with Crippen LogP contribution in [-0.4, -0.2) is 36.0 Å². The highest BCUT2D eigenvalue weighted by Gasteiger charge is 2.62. The van der Waals surface area contributed by atoms with E-state index in [0.717, 1.165) is 44.9 Å². The van der Waals surface area contributed by atoms with E-state index >= 15 is 0 Å². The first-order valence-electron chi connectivity index (χ1n) is 12.3. The van der Waals surface area contributed by atoms with Crippen LogP contribution in [0.25, 0.3) is 0 Å². The quantitative estimate of drug-likeness (QED) is 0.633. The highest BCUT2D eigenvalue weighted by molar-refractivity contribution is 5.52. The minimum Gasteiger partial charge on any atom is -0.389 e. The molecule has 2 saturated carbocycles. The summed E-state index contributed by atoms with van der Waals surface area (Å²) in [4.78, 5) is 2.14. The third-order valence-electron chi connectivity index (χ3n) is 9.16. The minimum absolute atomic E-state index is 0.203. The molecule has 0 bridgehead atoms. The van der Waals surface area contributed by atoms with Gasteiger partial charge in [-0.25, -0.2) is 0 Å². The van der Waals surface area contributed by atoms with Gasteiger partial charge in [0.1, 0.15) is 5.60 Å². The Morgan fingerprint density at radius 1 is 1.06 bits per heavy atom. The second kappa shape index (κ2) is 7.79. The first-order chi connectivity index (χ1) is 15.3. The van der Waals surface area contributed by atoms with Gasteiger partial charge in [0, 0.05) is 31.1 Å². The molecule has 0 saturated heterocycles. The summed E-state index contributed by atoms with van der Waals surface area (Å²) in [5.41, 5.74) is 5.98. The summed E-state index contributed by atoms with van der Waals surface area (Å²) in [7, 11) is 4.16. The van der Waals surface area contributed by atoms with Crippen LogP contribution in [0.2, 0.25) is 0 Å². The average molecular weight is 432 g/mol. The van der Waals surface area contributed by atoms with E-state index in [9.17, 15) is 10.2 Å². The number of hydrogen-bond acceptors (Lipinski definition) is 3. The van der Waals surface area contributed by atoms with Crippen LogP contribution < -0.4 is 4.90 Å². The summed E-state index contributed by atoms with van der Waals surface area (Å²) in [5, 5.41) is 22.0. The molecule has 0 radical (unpaired) electrons. The molecule has 0 aliphatic heterocycles. The molecule has 2 fully saturated rings. The van der Waals surface area contributed by atoms with Gasteiger partial charge in [0.2, 0.25) is 0 Å². The highest BCUT2D eigenvalue weighted by Crippen LogP contribution is 2.66. The van der Waals surface area contributed by atoms with Crippen LogP contribution in [0.15, 0.2) is 47.1 Å². The largest absolute Gasteiger partial charge is 0.389 e. The van der Waals surface area contributed by atoms with E-state index in [-0.39, 0.29) is 11.5 Å². The topological polar surface area (TPSA) is 43.7 Å². The summed E-state index contributed by atoms with van der Waals surface area (Å²) in [6, 6.07) is 9.04. The Morgan fingerprint density at radius 3 is 2.50 bits per heavy atom. The van der Waals surface area contributed by atoms with Gasteiger partial charge in [-0.2, -0.15) is 0 Å². The Morgan fingerprint density at radius 2 is 1.81 bits per heavy atom. The van der Waals surface area contributed by atoms with Crippen molar-refractivity contribution in [3.8, 4) is 11.8 Å². The molecular formula is C29H37NO2. The van der Waals surface area contributed by atoms with Crippen LogP contribution in [0.1, 0.15) is 70.3 Å². The Labute approximate surface area is 193 Å². The lowest BCUT2D eigenvalue weighted by molar-refractivity contribution is -0.0514. The number of fused-ring (bicyclic) bond motifs is 4. The zero-order valence-electron chi connectivity index (χ0n) is 20.0. The molecule has 0 heterocycles. The number of hydrogen-bond donors (Lipinski definition) is 2. The molecular weight excluding hydrogens is 394 g/mol. The number of allylic oxidation sites excluding steroid dienone is 3. The van der Waals surface area contributed by atoms with Crippen molar-refractivity contribution in [2.75, 3.05) is 19.0 Å². The Hall–Kier alpha value is -2.02. The minimum atomic E-state index is -0.899. The lowest BCUT2D eigenvalue weighted by Crippen LogP contribution is -2.51. The molecule has 1 aromatic carbocycles. The normalized spacial score (nSPS) is 38.1. The van der Waals surface area contributed by atoms with Crippen molar-refractivity contribution in [3.05, 3.63) is 52.6 Å². The fourth-order valence-electron chi connectivity index (χ4n) is 7.50. The van der Waals surface area contributed by atoms with Gasteiger partial charge in [-0.1, -0.05) is 36.6 Å². The predicted molar refractivity (Wildman–Crippen MR) is 130 cm³/mol. The molecule has 0 amide bonds. The fourth-order valence-corrected chi connectivity index (χ4v) is 7.50. The van der Waals surface area contributed by atoms with Crippen molar-refractivity contribution in [3.63, 3.8) is 0 Å². The number of aliphatic hydroxyl groups is 2. The van der Waals surface area contributed by atoms with Gasteiger partial charge in [0.15, 0.2) is 0 Å². The van der Waals surface area contributed by atoms with Gasteiger partial charge in [-0.3, -0.25) is 0 Å². The SMILES string of the molecule is CC#C[C@@]1(O)CC[C@@H]2[C@@H]3CCC4=C[C@@H](O)CCC4=C3[C@@H](c3ccc(N(C)C)cc3)C[C@@]21C. The summed E-state index contributed by atoms with van der Waals surface area (Å²) in [6.45, 7) is 4.17. The van der Waals surface area contributed by atoms with Crippen LogP contribution >= 0.6 is 0 Å². The first-order valence-corrected chi connectivity index (χ1v) is 12.3. The summed E-state index contributed by atoms with van der Waals surface area (Å²) >= 11 is 0. The van der Waals surface area contributed by atoms with E-state index in [1.54, 1.807) is 5.57 Å². The summed E-state index contributed by atoms with van der Waals surface area (Å²) < 4.78 is 0. The molecule has 6 atom stereocenters. The van der Waals surface area contributed by atoms with Crippen LogP contribution in [0.5, 0.6) is 0 Å². The number of benzene rings is 1. The highest BCUT2D eigenvalue weighted by atomic mass is 16.3. The first kappa shape index (κ1) is 21.8. The van der Waals surface area contributed by atoms with E-state index < -0.39 is 5.60 Å². The van der Waals surface area contributed by atoms with Gasteiger partial charge < -0.3 is 15.1 Å². The molecule has 2 N–H and O–H groups in total. The summed E-state index contributed by atoms with van der Waals surface area (Å²) in [6.07, 6.45) is 8.58. The lowest BCUT2D eigenvalue weighted by Gasteiger charge is -2.54. The van der Waals surface area contributed by atoms with Crippen molar-refractivity contribution < 1.29 is 10.2 Å². The molecule has 4 aliphatic rings. The molecule has 32 heavy (non-hydrogen) atoms. The molecule has 3 heteroatoms. The molecule has 4 aliphatic carbocycles. The maximum absolute atomic E-state index is 11.7. The molecule has 0 unspecified atom stereocenters. The second-order valence-corrected chi connectivity index (χ2v) is 10.9. The van der Waals surface area contributed by atoms with Crippen LogP contribution in [0.4, 0.5) is 5.69 Å². The predicted octanol–water partition coefficient (Wildman–Crippen LogP) is 5.20. The molecule has 1 aromatic rings. The molecule has 0 spiro atoms. The van der Waals surface area contributed by atoms with Crippen molar-refractivity contribution in [2.24, 2.45) is 17.3 Å². The molecule has 170 valence electrons. The van der Waals surface area contributed by atoms with Crippen LogP contribution in [-0.2, 0) is 0 Å². The van der Waals surface area contributed by atoms with Gasteiger partial charge in [-0.15, -0.1) is 5.92 Å². The van der Waals surface area contributed by atoms with Crippen molar-refractivity contribution in [2.45, 2.75) is 76.4 Å². The van der Waals surface area contributed by atoms with Crippen LogP contribution in [0.3, 0.4) is 0 Å². The second-order valence-electron chi connectivity index (χ2n) is 10.9. The standard InChI is InChI=1S/C29H37NO2/c1-5-15-29(32)16-14-26-24-12-8-20-17-22(31)11-13-23(20)27(24)25(18-28(26,29)2)19-6-9-21(10-7-19)30(3)4/h6-7,9-10,17,22,24-26,31-32H,8,11-14,16,18H2,1-4H3/t22-,24-,25+,26+,28-,29+/m0/s1. The maximum atomic E-state index is 11.7. The van der Waals surface area contributed by atoms with Gasteiger partial charge >= 0.3 is 0 Å². The van der Waals surface area contributed by atoms with Gasteiger partial charge in [-0.05, 0) is 92.5 Å². The fraction of sp³-hybridized carbons (Fsp3) is 0.586. The zero-order chi connectivity index (χ0) is 22.7. The number of anilines is 1. The van der Waals surface area contributed by atoms with Crippen molar-refractivity contribution in [1.29, 1.82) is 0 Å². The maximum Gasteiger partial charge on any atom is 0.131 e. The lowest BCUT2D eigenvalue weighted by atomic mass is 9.51.